The Labute approximate surface area is 169 Å². The summed E-state index contributed by atoms with van der Waals surface area (Å²) in [6.45, 7) is 3.75. The van der Waals surface area contributed by atoms with Crippen LogP contribution in [-0.4, -0.2) is 56.7 Å². The van der Waals surface area contributed by atoms with Crippen molar-refractivity contribution in [2.24, 2.45) is 0 Å². The number of rotatable bonds is 8. The summed E-state index contributed by atoms with van der Waals surface area (Å²) in [5, 5.41) is 0.653. The second-order valence-corrected chi connectivity index (χ2v) is 7.50. The highest BCUT2D eigenvalue weighted by molar-refractivity contribution is 7.22. The molecule has 0 N–H and O–H groups in total. The van der Waals surface area contributed by atoms with Gasteiger partial charge in [-0.05, 0) is 45.3 Å². The van der Waals surface area contributed by atoms with Crippen LogP contribution in [0.2, 0.25) is 0 Å². The van der Waals surface area contributed by atoms with Gasteiger partial charge in [-0.25, -0.2) is 4.98 Å². The molecule has 1 aromatic heterocycles. The van der Waals surface area contributed by atoms with Gasteiger partial charge in [0.25, 0.3) is 5.91 Å². The van der Waals surface area contributed by atoms with E-state index < -0.39 is 0 Å². The lowest BCUT2D eigenvalue weighted by Crippen LogP contribution is -2.36. The van der Waals surface area contributed by atoms with Gasteiger partial charge in [0.2, 0.25) is 0 Å². The summed E-state index contributed by atoms with van der Waals surface area (Å²) >= 11 is 1.49. The molecule has 0 saturated heterocycles. The first-order valence-corrected chi connectivity index (χ1v) is 9.98. The maximum Gasteiger partial charge on any atom is 0.263 e. The minimum atomic E-state index is -0.128. The lowest BCUT2D eigenvalue weighted by atomic mass is 10.1. The molecule has 1 heterocycles. The van der Waals surface area contributed by atoms with Crippen LogP contribution >= 0.6 is 11.3 Å². The van der Waals surface area contributed by atoms with Gasteiger partial charge in [-0.3, -0.25) is 9.69 Å². The number of carbonyl (C=O) groups is 1. The molecular formula is C21H25N3O3S. The van der Waals surface area contributed by atoms with E-state index in [0.29, 0.717) is 29.6 Å². The summed E-state index contributed by atoms with van der Waals surface area (Å²) in [7, 11) is 5.54. The standard InChI is InChI=1S/C21H25N3O3S/c1-5-27-17-11-8-12-18-19(17)22-21(28-18)24(14-13-23(2)3)20(25)15-9-6-7-10-16(15)26-4/h6-12H,5,13-14H2,1-4H3. The van der Waals surface area contributed by atoms with Crippen LogP contribution in [0.5, 0.6) is 11.5 Å². The average Bonchev–Trinajstić information content (AvgIpc) is 3.13. The van der Waals surface area contributed by atoms with E-state index in [9.17, 15) is 4.79 Å². The molecular weight excluding hydrogens is 374 g/mol. The molecule has 0 radical (unpaired) electrons. The Bertz CT molecular complexity index is 955. The minimum absolute atomic E-state index is 0.128. The SMILES string of the molecule is CCOc1cccc2sc(N(CCN(C)C)C(=O)c3ccccc3OC)nc12. The molecule has 3 rings (SSSR count). The third-order valence-electron chi connectivity index (χ3n) is 4.25. The Morgan fingerprint density at radius 1 is 1.07 bits per heavy atom. The Balaban J connectivity index is 2.03. The number of likely N-dealkylation sites (N-methyl/N-ethyl adjacent to an activating group) is 1. The number of methoxy groups -OCH3 is 1. The lowest BCUT2D eigenvalue weighted by molar-refractivity contribution is 0.0982. The van der Waals surface area contributed by atoms with Gasteiger partial charge in [-0.15, -0.1) is 0 Å². The fourth-order valence-electron chi connectivity index (χ4n) is 2.85. The molecule has 1 amide bonds. The Morgan fingerprint density at radius 2 is 1.82 bits per heavy atom. The van der Waals surface area contributed by atoms with Gasteiger partial charge in [-0.2, -0.15) is 0 Å². The number of anilines is 1. The first-order chi connectivity index (χ1) is 13.5. The molecule has 0 fully saturated rings. The largest absolute Gasteiger partial charge is 0.496 e. The third kappa shape index (κ3) is 4.26. The molecule has 28 heavy (non-hydrogen) atoms. The smallest absolute Gasteiger partial charge is 0.263 e. The number of fused-ring (bicyclic) bond motifs is 1. The fraction of sp³-hybridized carbons (Fsp3) is 0.333. The van der Waals surface area contributed by atoms with Crippen molar-refractivity contribution in [3.8, 4) is 11.5 Å². The lowest BCUT2D eigenvalue weighted by Gasteiger charge is -2.22. The molecule has 0 aliphatic heterocycles. The van der Waals surface area contributed by atoms with E-state index in [-0.39, 0.29) is 5.91 Å². The molecule has 3 aromatic rings. The number of amides is 1. The van der Waals surface area contributed by atoms with Gasteiger partial charge in [0.1, 0.15) is 17.0 Å². The highest BCUT2D eigenvalue weighted by atomic mass is 32.1. The van der Waals surface area contributed by atoms with Gasteiger partial charge in [-0.1, -0.05) is 29.5 Å². The zero-order chi connectivity index (χ0) is 20.1. The van der Waals surface area contributed by atoms with Gasteiger partial charge in [0.05, 0.1) is 24.0 Å². The Hall–Kier alpha value is -2.64. The van der Waals surface area contributed by atoms with Crippen LogP contribution in [0.3, 0.4) is 0 Å². The van der Waals surface area contributed by atoms with E-state index in [0.717, 1.165) is 22.5 Å². The highest BCUT2D eigenvalue weighted by Gasteiger charge is 2.24. The number of nitrogens with zero attached hydrogens (tertiary/aromatic N) is 3. The van der Waals surface area contributed by atoms with Gasteiger partial charge < -0.3 is 14.4 Å². The topological polar surface area (TPSA) is 54.9 Å². The van der Waals surface area contributed by atoms with Crippen LogP contribution in [0.25, 0.3) is 10.2 Å². The van der Waals surface area contributed by atoms with Gasteiger partial charge >= 0.3 is 0 Å². The maximum absolute atomic E-state index is 13.4. The van der Waals surface area contributed by atoms with Gasteiger partial charge in [0, 0.05) is 13.1 Å². The van der Waals surface area contributed by atoms with Gasteiger partial charge in [0.15, 0.2) is 5.13 Å². The number of hydrogen-bond donors (Lipinski definition) is 0. The van der Waals surface area contributed by atoms with Crippen molar-refractivity contribution in [2.75, 3.05) is 45.8 Å². The van der Waals surface area contributed by atoms with Crippen molar-refractivity contribution < 1.29 is 14.3 Å². The number of carbonyl (C=O) groups excluding carboxylic acids is 1. The maximum atomic E-state index is 13.4. The molecule has 0 atom stereocenters. The molecule has 0 saturated carbocycles. The number of benzene rings is 2. The summed E-state index contributed by atoms with van der Waals surface area (Å²) in [5.74, 6) is 1.16. The molecule has 7 heteroatoms. The average molecular weight is 400 g/mol. The van der Waals surface area contributed by atoms with Crippen LogP contribution in [0.1, 0.15) is 17.3 Å². The normalized spacial score (nSPS) is 11.0. The van der Waals surface area contributed by atoms with Crippen molar-refractivity contribution >= 4 is 32.6 Å². The number of para-hydroxylation sites is 2. The van der Waals surface area contributed by atoms with Crippen LogP contribution in [0.15, 0.2) is 42.5 Å². The number of aromatic nitrogens is 1. The fourth-order valence-corrected chi connectivity index (χ4v) is 3.86. The summed E-state index contributed by atoms with van der Waals surface area (Å²) in [6, 6.07) is 13.1. The number of thiazole rings is 1. The Morgan fingerprint density at radius 3 is 2.54 bits per heavy atom. The highest BCUT2D eigenvalue weighted by Crippen LogP contribution is 2.35. The number of hydrogen-bond acceptors (Lipinski definition) is 6. The van der Waals surface area contributed by atoms with Crippen molar-refractivity contribution in [3.05, 3.63) is 48.0 Å². The van der Waals surface area contributed by atoms with Crippen LogP contribution in [-0.2, 0) is 0 Å². The quantitative estimate of drug-likeness (QED) is 0.575. The summed E-state index contributed by atoms with van der Waals surface area (Å²) in [4.78, 5) is 21.9. The van der Waals surface area contributed by atoms with E-state index in [1.165, 1.54) is 11.3 Å². The van der Waals surface area contributed by atoms with Crippen molar-refractivity contribution in [1.82, 2.24) is 9.88 Å². The van der Waals surface area contributed by atoms with E-state index >= 15 is 0 Å². The predicted molar refractivity (Wildman–Crippen MR) is 114 cm³/mol. The third-order valence-corrected chi connectivity index (χ3v) is 5.30. The zero-order valence-electron chi connectivity index (χ0n) is 16.6. The van der Waals surface area contributed by atoms with Crippen molar-refractivity contribution in [2.45, 2.75) is 6.92 Å². The summed E-state index contributed by atoms with van der Waals surface area (Å²) < 4.78 is 12.1. The van der Waals surface area contributed by atoms with Crippen molar-refractivity contribution in [1.29, 1.82) is 0 Å². The molecule has 2 aromatic carbocycles. The molecule has 6 nitrogen and oxygen atoms in total. The minimum Gasteiger partial charge on any atom is -0.496 e. The molecule has 148 valence electrons. The summed E-state index contributed by atoms with van der Waals surface area (Å²) in [6.07, 6.45) is 0. The molecule has 0 aliphatic rings. The van der Waals surface area contributed by atoms with Crippen LogP contribution in [0, 0.1) is 0 Å². The molecule has 0 bridgehead atoms. The molecule has 0 unspecified atom stereocenters. The molecule has 0 spiro atoms. The van der Waals surface area contributed by atoms with Crippen molar-refractivity contribution in [3.63, 3.8) is 0 Å². The first-order valence-electron chi connectivity index (χ1n) is 9.17. The first kappa shape index (κ1) is 20.1. The second kappa shape index (κ2) is 9.03. The molecule has 0 aliphatic carbocycles. The van der Waals surface area contributed by atoms with Crippen LogP contribution < -0.4 is 14.4 Å². The van der Waals surface area contributed by atoms with E-state index in [1.54, 1.807) is 24.1 Å². The van der Waals surface area contributed by atoms with Crippen LogP contribution in [0.4, 0.5) is 5.13 Å². The number of ether oxygens (including phenoxy) is 2. The summed E-state index contributed by atoms with van der Waals surface area (Å²) in [5.41, 5.74) is 1.31. The van der Waals surface area contributed by atoms with E-state index in [1.807, 2.05) is 56.3 Å². The monoisotopic (exact) mass is 399 g/mol. The van der Waals surface area contributed by atoms with E-state index in [4.69, 9.17) is 14.5 Å². The second-order valence-electron chi connectivity index (χ2n) is 6.49. The van der Waals surface area contributed by atoms with E-state index in [2.05, 4.69) is 0 Å². The zero-order valence-corrected chi connectivity index (χ0v) is 17.5. The Kier molecular flexibility index (Phi) is 6.49. The predicted octanol–water partition coefficient (Wildman–Crippen LogP) is 3.91.